The lowest BCUT2D eigenvalue weighted by Gasteiger charge is -2.01. The number of nitrogens with one attached hydrogen (secondary N) is 1. The van der Waals surface area contributed by atoms with Crippen LogP contribution in [-0.4, -0.2) is 28.0 Å². The molecule has 0 aromatic carbocycles. The summed E-state index contributed by atoms with van der Waals surface area (Å²) in [4.78, 5) is 11.3. The van der Waals surface area contributed by atoms with E-state index < -0.39 is 16.0 Å². The molecule has 17 heavy (non-hydrogen) atoms. The molecule has 0 radical (unpaired) electrons. The van der Waals surface area contributed by atoms with Crippen LogP contribution in [0.4, 0.5) is 0 Å². The van der Waals surface area contributed by atoms with Crippen LogP contribution in [0.2, 0.25) is 0 Å². The third kappa shape index (κ3) is 3.79. The van der Waals surface area contributed by atoms with Crippen molar-refractivity contribution < 1.29 is 22.5 Å². The van der Waals surface area contributed by atoms with E-state index in [9.17, 15) is 13.2 Å². The van der Waals surface area contributed by atoms with Gasteiger partial charge in [-0.2, -0.15) is 4.57 Å². The van der Waals surface area contributed by atoms with Crippen LogP contribution in [-0.2, 0) is 26.1 Å². The van der Waals surface area contributed by atoms with Crippen LogP contribution in [0.1, 0.15) is 6.92 Å². The predicted molar refractivity (Wildman–Crippen MR) is 59.5 cm³/mol. The topological polar surface area (TPSA) is 76.3 Å². The second-order valence-corrected chi connectivity index (χ2v) is 5.11. The molecule has 0 saturated heterocycles. The van der Waals surface area contributed by atoms with Gasteiger partial charge < -0.3 is 4.74 Å². The van der Waals surface area contributed by atoms with Crippen LogP contribution in [0.25, 0.3) is 0 Å². The number of hydrogen-bond donors (Lipinski definition) is 1. The highest BCUT2D eigenvalue weighted by Gasteiger charge is 2.17. The number of hydrogen-bond acceptors (Lipinski definition) is 4. The van der Waals surface area contributed by atoms with Crippen LogP contribution in [0, 0.1) is 0 Å². The lowest BCUT2D eigenvalue weighted by molar-refractivity contribution is -0.687. The van der Waals surface area contributed by atoms with Crippen LogP contribution in [0.15, 0.2) is 29.4 Å². The van der Waals surface area contributed by atoms with E-state index in [1.54, 1.807) is 19.2 Å². The van der Waals surface area contributed by atoms with Crippen molar-refractivity contribution in [3.63, 3.8) is 0 Å². The Morgan fingerprint density at radius 2 is 2.24 bits per heavy atom. The van der Waals surface area contributed by atoms with Gasteiger partial charge >= 0.3 is 5.97 Å². The van der Waals surface area contributed by atoms with E-state index in [0.29, 0.717) is 6.61 Å². The largest absolute Gasteiger partial charge is 0.461 e. The zero-order valence-electron chi connectivity index (χ0n) is 9.71. The SMILES string of the molecule is CCOC(=O)C[n+]1cccc(S(=O)(=O)NC)c1. The molecule has 0 amide bonds. The van der Waals surface area contributed by atoms with Crippen molar-refractivity contribution in [1.29, 1.82) is 0 Å². The van der Waals surface area contributed by atoms with Crippen molar-refractivity contribution in [3.8, 4) is 0 Å². The summed E-state index contributed by atoms with van der Waals surface area (Å²) < 4.78 is 31.5. The normalized spacial score (nSPS) is 11.2. The second kappa shape index (κ2) is 5.74. The van der Waals surface area contributed by atoms with Crippen LogP contribution < -0.4 is 9.29 Å². The molecule has 0 bridgehead atoms. The minimum absolute atomic E-state index is 0.0130. The van der Waals surface area contributed by atoms with E-state index >= 15 is 0 Å². The van der Waals surface area contributed by atoms with Gasteiger partial charge in [-0.05, 0) is 20.0 Å². The minimum atomic E-state index is -3.49. The van der Waals surface area contributed by atoms with E-state index in [-0.39, 0.29) is 11.4 Å². The van der Waals surface area contributed by atoms with E-state index in [1.807, 2.05) is 0 Å². The maximum Gasteiger partial charge on any atom is 0.372 e. The van der Waals surface area contributed by atoms with Crippen molar-refractivity contribution in [3.05, 3.63) is 24.5 Å². The average Bonchev–Trinajstić information content (AvgIpc) is 2.29. The Bertz CT molecular complexity index is 499. The highest BCUT2D eigenvalue weighted by molar-refractivity contribution is 7.89. The summed E-state index contributed by atoms with van der Waals surface area (Å²) in [5.41, 5.74) is 0. The van der Waals surface area contributed by atoms with Gasteiger partial charge in [0.2, 0.25) is 16.6 Å². The first-order chi connectivity index (χ1) is 7.99. The quantitative estimate of drug-likeness (QED) is 0.568. The number of carbonyl (C=O) groups is 1. The molecule has 0 atom stereocenters. The summed E-state index contributed by atoms with van der Waals surface area (Å²) in [6.07, 6.45) is 2.98. The number of rotatable bonds is 5. The standard InChI is InChI=1S/C10H15N2O4S/c1-3-16-10(13)8-12-6-4-5-9(7-12)17(14,15)11-2/h4-7,11H,3,8H2,1-2H3/q+1. The zero-order valence-corrected chi connectivity index (χ0v) is 10.5. The highest BCUT2D eigenvalue weighted by atomic mass is 32.2. The van der Waals surface area contributed by atoms with Gasteiger partial charge in [-0.15, -0.1) is 0 Å². The van der Waals surface area contributed by atoms with Gasteiger partial charge in [0.05, 0.1) is 6.61 Å². The Balaban J connectivity index is 2.91. The first-order valence-corrected chi connectivity index (χ1v) is 6.56. The van der Waals surface area contributed by atoms with E-state index in [0.717, 1.165) is 0 Å². The van der Waals surface area contributed by atoms with Crippen molar-refractivity contribution >= 4 is 16.0 Å². The molecule has 1 rings (SSSR count). The third-order valence-electron chi connectivity index (χ3n) is 2.03. The third-order valence-corrected chi connectivity index (χ3v) is 3.43. The number of pyridine rings is 1. The maximum atomic E-state index is 11.5. The van der Waals surface area contributed by atoms with Gasteiger partial charge in [0.1, 0.15) is 4.90 Å². The van der Waals surface area contributed by atoms with E-state index in [4.69, 9.17) is 4.74 Å². The number of ether oxygens (including phenoxy) is 1. The lowest BCUT2D eigenvalue weighted by Crippen LogP contribution is -2.39. The molecule has 1 aromatic rings. The molecule has 0 unspecified atom stereocenters. The van der Waals surface area contributed by atoms with Gasteiger partial charge in [0.15, 0.2) is 12.4 Å². The number of nitrogens with zero attached hydrogens (tertiary/aromatic N) is 1. The Labute approximate surface area is 100 Å². The van der Waals surface area contributed by atoms with Crippen molar-refractivity contribution in [2.24, 2.45) is 0 Å². The Hall–Kier alpha value is -1.47. The number of esters is 1. The van der Waals surface area contributed by atoms with Crippen molar-refractivity contribution in [1.82, 2.24) is 4.72 Å². The number of carbonyl (C=O) groups excluding carboxylic acids is 1. The Morgan fingerprint density at radius 3 is 2.82 bits per heavy atom. The summed E-state index contributed by atoms with van der Waals surface area (Å²) in [6.45, 7) is 2.00. The molecule has 94 valence electrons. The second-order valence-electron chi connectivity index (χ2n) is 3.22. The van der Waals surface area contributed by atoms with Gasteiger partial charge in [-0.25, -0.2) is 17.9 Å². The van der Waals surface area contributed by atoms with Crippen LogP contribution >= 0.6 is 0 Å². The summed E-state index contributed by atoms with van der Waals surface area (Å²) >= 11 is 0. The summed E-state index contributed by atoms with van der Waals surface area (Å²) in [5, 5.41) is 0. The van der Waals surface area contributed by atoms with Gasteiger partial charge in [-0.1, -0.05) is 0 Å². The predicted octanol–water partition coefficient (Wildman–Crippen LogP) is -0.555. The van der Waals surface area contributed by atoms with E-state index in [2.05, 4.69) is 4.72 Å². The average molecular weight is 259 g/mol. The zero-order chi connectivity index (χ0) is 12.9. The summed E-state index contributed by atoms with van der Waals surface area (Å²) in [7, 11) is -2.16. The van der Waals surface area contributed by atoms with Gasteiger partial charge in [0.25, 0.3) is 0 Å². The first kappa shape index (κ1) is 13.6. The molecule has 0 aliphatic rings. The lowest BCUT2D eigenvalue weighted by atomic mass is 10.4. The Morgan fingerprint density at radius 1 is 1.53 bits per heavy atom. The molecule has 7 heteroatoms. The molecular weight excluding hydrogens is 244 g/mol. The fourth-order valence-corrected chi connectivity index (χ4v) is 2.00. The summed E-state index contributed by atoms with van der Waals surface area (Å²) in [5.74, 6) is -0.406. The highest BCUT2D eigenvalue weighted by Crippen LogP contribution is 2.03. The fraction of sp³-hybridized carbons (Fsp3) is 0.400. The van der Waals surface area contributed by atoms with Crippen molar-refractivity contribution in [2.45, 2.75) is 18.4 Å². The summed E-state index contributed by atoms with van der Waals surface area (Å²) in [6, 6.07) is 3.01. The smallest absolute Gasteiger partial charge is 0.372 e. The molecule has 1 aromatic heterocycles. The molecule has 0 saturated carbocycles. The maximum absolute atomic E-state index is 11.5. The molecule has 0 aliphatic heterocycles. The van der Waals surface area contributed by atoms with E-state index in [1.165, 1.54) is 23.9 Å². The molecule has 0 fully saturated rings. The number of sulfonamides is 1. The molecule has 1 N–H and O–H groups in total. The Kier molecular flexibility index (Phi) is 4.59. The van der Waals surface area contributed by atoms with Gasteiger partial charge in [-0.3, -0.25) is 0 Å². The van der Waals surface area contributed by atoms with Crippen LogP contribution in [0.5, 0.6) is 0 Å². The van der Waals surface area contributed by atoms with Crippen LogP contribution in [0.3, 0.4) is 0 Å². The molecule has 0 aliphatic carbocycles. The first-order valence-electron chi connectivity index (χ1n) is 5.08. The molecular formula is C10H15N2O4S+. The molecule has 1 heterocycles. The van der Waals surface area contributed by atoms with Gasteiger partial charge in [0, 0.05) is 6.07 Å². The molecule has 0 spiro atoms. The minimum Gasteiger partial charge on any atom is -0.461 e. The fourth-order valence-electron chi connectivity index (χ4n) is 1.23. The number of aromatic nitrogens is 1. The van der Waals surface area contributed by atoms with Crippen molar-refractivity contribution in [2.75, 3.05) is 13.7 Å². The monoisotopic (exact) mass is 259 g/mol. The molecule has 6 nitrogen and oxygen atoms in total.